The zero-order chi connectivity index (χ0) is 19.3. The molecule has 0 unspecified atom stereocenters. The fourth-order valence-corrected chi connectivity index (χ4v) is 3.99. The van der Waals surface area contributed by atoms with E-state index in [0.717, 1.165) is 72.4 Å². The minimum Gasteiger partial charge on any atom is -0.497 e. The second-order valence-corrected chi connectivity index (χ2v) is 7.69. The lowest BCUT2D eigenvalue weighted by molar-refractivity contribution is 0.237. The number of aromatic nitrogens is 1. The number of fused-ring (bicyclic) bond motifs is 2. The molecule has 2 N–H and O–H groups in total. The highest BCUT2D eigenvalue weighted by molar-refractivity contribution is 6.31. The molecule has 1 aliphatic heterocycles. The van der Waals surface area contributed by atoms with Gasteiger partial charge in [-0.25, -0.2) is 4.98 Å². The van der Waals surface area contributed by atoms with Gasteiger partial charge in [-0.15, -0.1) is 12.4 Å². The second-order valence-electron chi connectivity index (χ2n) is 7.26. The third kappa shape index (κ3) is 5.23. The van der Waals surface area contributed by atoms with Crippen molar-refractivity contribution in [2.24, 2.45) is 0 Å². The molecule has 5 nitrogen and oxygen atoms in total. The van der Waals surface area contributed by atoms with Gasteiger partial charge in [-0.3, -0.25) is 0 Å². The summed E-state index contributed by atoms with van der Waals surface area (Å²) in [5, 5.41) is 9.95. The number of nitrogens with one attached hydrogen (secondary N) is 2. The number of hydrogen-bond acceptors (Lipinski definition) is 5. The summed E-state index contributed by atoms with van der Waals surface area (Å²) in [6.45, 7) is 6.64. The summed E-state index contributed by atoms with van der Waals surface area (Å²) < 4.78 is 5.43. The molecule has 0 saturated carbocycles. The van der Waals surface area contributed by atoms with Crippen LogP contribution in [0.1, 0.15) is 12.8 Å². The van der Waals surface area contributed by atoms with Crippen LogP contribution in [-0.2, 0) is 0 Å². The fraction of sp³-hybridized carbons (Fsp3) is 0.409. The van der Waals surface area contributed by atoms with Crippen molar-refractivity contribution >= 4 is 51.5 Å². The van der Waals surface area contributed by atoms with E-state index in [2.05, 4.69) is 21.6 Å². The van der Waals surface area contributed by atoms with Gasteiger partial charge in [-0.1, -0.05) is 11.6 Å². The van der Waals surface area contributed by atoms with E-state index in [1.165, 1.54) is 13.0 Å². The van der Waals surface area contributed by atoms with Crippen LogP contribution in [0.5, 0.6) is 5.75 Å². The molecule has 0 aliphatic carbocycles. The summed E-state index contributed by atoms with van der Waals surface area (Å²) in [5.41, 5.74) is 2.96. The number of nitrogens with zero attached hydrogens (tertiary/aromatic N) is 2. The Bertz CT molecular complexity index is 960. The molecular formula is C22H28Cl2N4O. The first-order valence-electron chi connectivity index (χ1n) is 9.98. The average Bonchev–Trinajstić information content (AvgIpc) is 2.73. The summed E-state index contributed by atoms with van der Waals surface area (Å²) in [5.74, 6) is 0.837. The molecule has 1 fully saturated rings. The summed E-state index contributed by atoms with van der Waals surface area (Å²) in [4.78, 5) is 7.33. The first-order valence-corrected chi connectivity index (χ1v) is 10.4. The number of piperazine rings is 1. The zero-order valence-corrected chi connectivity index (χ0v) is 18.3. The maximum absolute atomic E-state index is 6.20. The van der Waals surface area contributed by atoms with E-state index in [4.69, 9.17) is 21.3 Å². The smallest absolute Gasteiger partial charge is 0.119 e. The number of halogens is 2. The Kier molecular flexibility index (Phi) is 7.78. The number of ether oxygens (including phenoxy) is 1. The van der Waals surface area contributed by atoms with E-state index in [0.29, 0.717) is 5.02 Å². The molecule has 1 aromatic heterocycles. The number of anilines is 1. The zero-order valence-electron chi connectivity index (χ0n) is 16.7. The van der Waals surface area contributed by atoms with Crippen molar-refractivity contribution in [2.45, 2.75) is 12.8 Å². The van der Waals surface area contributed by atoms with Crippen LogP contribution in [0.25, 0.3) is 21.8 Å². The van der Waals surface area contributed by atoms with Crippen LogP contribution < -0.4 is 15.4 Å². The Morgan fingerprint density at radius 3 is 2.69 bits per heavy atom. The Morgan fingerprint density at radius 1 is 1.07 bits per heavy atom. The maximum atomic E-state index is 6.20. The SMILES string of the molecule is COc1ccc2nc3cc(Cl)ccc3c(NCCCCN3CCNCC3)c2c1.Cl. The van der Waals surface area contributed by atoms with Crippen molar-refractivity contribution in [1.29, 1.82) is 0 Å². The monoisotopic (exact) mass is 434 g/mol. The number of methoxy groups -OCH3 is 1. The van der Waals surface area contributed by atoms with Gasteiger partial charge in [0.2, 0.25) is 0 Å². The van der Waals surface area contributed by atoms with Gasteiger partial charge in [0.1, 0.15) is 5.75 Å². The summed E-state index contributed by atoms with van der Waals surface area (Å²) in [6, 6.07) is 11.9. The molecular weight excluding hydrogens is 407 g/mol. The van der Waals surface area contributed by atoms with E-state index >= 15 is 0 Å². The van der Waals surface area contributed by atoms with Gasteiger partial charge in [0.25, 0.3) is 0 Å². The normalized spacial score (nSPS) is 14.7. The van der Waals surface area contributed by atoms with Crippen LogP contribution in [-0.4, -0.2) is 56.3 Å². The van der Waals surface area contributed by atoms with Gasteiger partial charge in [0, 0.05) is 48.5 Å². The molecule has 7 heteroatoms. The van der Waals surface area contributed by atoms with Crippen LogP contribution in [0.15, 0.2) is 36.4 Å². The first kappa shape index (κ1) is 21.9. The van der Waals surface area contributed by atoms with Crippen LogP contribution in [0, 0.1) is 0 Å². The van der Waals surface area contributed by atoms with E-state index in [-0.39, 0.29) is 12.4 Å². The minimum atomic E-state index is 0. The van der Waals surface area contributed by atoms with Crippen molar-refractivity contribution in [3.8, 4) is 5.75 Å². The molecule has 2 heterocycles. The lowest BCUT2D eigenvalue weighted by Gasteiger charge is -2.27. The first-order chi connectivity index (χ1) is 13.7. The molecule has 1 aliphatic rings. The van der Waals surface area contributed by atoms with Gasteiger partial charge in [-0.2, -0.15) is 0 Å². The Morgan fingerprint density at radius 2 is 1.90 bits per heavy atom. The van der Waals surface area contributed by atoms with E-state index in [9.17, 15) is 0 Å². The van der Waals surface area contributed by atoms with Gasteiger partial charge < -0.3 is 20.3 Å². The highest BCUT2D eigenvalue weighted by Gasteiger charge is 2.11. The van der Waals surface area contributed by atoms with Crippen LogP contribution >= 0.6 is 24.0 Å². The molecule has 0 bridgehead atoms. The van der Waals surface area contributed by atoms with Crippen molar-refractivity contribution in [3.05, 3.63) is 41.4 Å². The number of pyridine rings is 1. The van der Waals surface area contributed by atoms with Crippen molar-refractivity contribution in [3.63, 3.8) is 0 Å². The van der Waals surface area contributed by atoms with E-state index in [1.54, 1.807) is 7.11 Å². The second kappa shape index (κ2) is 10.3. The molecule has 2 aromatic carbocycles. The van der Waals surface area contributed by atoms with Crippen molar-refractivity contribution in [2.75, 3.05) is 51.7 Å². The molecule has 0 atom stereocenters. The predicted molar refractivity (Wildman–Crippen MR) is 125 cm³/mol. The number of unbranched alkanes of at least 4 members (excludes halogenated alkanes) is 1. The Balaban J connectivity index is 0.00000240. The third-order valence-electron chi connectivity index (χ3n) is 5.36. The van der Waals surface area contributed by atoms with Gasteiger partial charge in [0.15, 0.2) is 0 Å². The highest BCUT2D eigenvalue weighted by Crippen LogP contribution is 2.34. The lowest BCUT2D eigenvalue weighted by atomic mass is 10.1. The summed E-state index contributed by atoms with van der Waals surface area (Å²) >= 11 is 6.20. The minimum absolute atomic E-state index is 0. The quantitative estimate of drug-likeness (QED) is 0.421. The lowest BCUT2D eigenvalue weighted by Crippen LogP contribution is -2.43. The molecule has 1 saturated heterocycles. The van der Waals surface area contributed by atoms with E-state index in [1.807, 2.05) is 30.3 Å². The maximum Gasteiger partial charge on any atom is 0.119 e. The molecule has 0 amide bonds. The number of rotatable bonds is 7. The Hall–Kier alpha value is -1.79. The van der Waals surface area contributed by atoms with Crippen LogP contribution in [0.2, 0.25) is 5.02 Å². The molecule has 29 heavy (non-hydrogen) atoms. The van der Waals surface area contributed by atoms with Crippen LogP contribution in [0.3, 0.4) is 0 Å². The highest BCUT2D eigenvalue weighted by atomic mass is 35.5. The topological polar surface area (TPSA) is 49.4 Å². The van der Waals surface area contributed by atoms with E-state index < -0.39 is 0 Å². The molecule has 156 valence electrons. The van der Waals surface area contributed by atoms with Crippen molar-refractivity contribution in [1.82, 2.24) is 15.2 Å². The third-order valence-corrected chi connectivity index (χ3v) is 5.59. The van der Waals surface area contributed by atoms with Crippen molar-refractivity contribution < 1.29 is 4.74 Å². The van der Waals surface area contributed by atoms with Gasteiger partial charge >= 0.3 is 0 Å². The number of benzene rings is 2. The number of hydrogen-bond donors (Lipinski definition) is 2. The average molecular weight is 435 g/mol. The molecule has 0 radical (unpaired) electrons. The Labute approximate surface area is 183 Å². The summed E-state index contributed by atoms with van der Waals surface area (Å²) in [7, 11) is 1.69. The van der Waals surface area contributed by atoms with Crippen LogP contribution in [0.4, 0.5) is 5.69 Å². The summed E-state index contributed by atoms with van der Waals surface area (Å²) in [6.07, 6.45) is 2.33. The molecule has 3 aromatic rings. The molecule has 4 rings (SSSR count). The molecule has 0 spiro atoms. The predicted octanol–water partition coefficient (Wildman–Crippen LogP) is 4.57. The van der Waals surface area contributed by atoms with Gasteiger partial charge in [-0.05, 0) is 55.8 Å². The fourth-order valence-electron chi connectivity index (χ4n) is 3.82. The largest absolute Gasteiger partial charge is 0.497 e. The van der Waals surface area contributed by atoms with Gasteiger partial charge in [0.05, 0.1) is 23.8 Å². The standard InChI is InChI=1S/C22H27ClN4O.ClH/c1-28-17-5-7-20-19(15-17)22(18-6-4-16(23)14-21(18)26-20)25-8-2-3-11-27-12-9-24-10-13-27;/h4-7,14-15,24H,2-3,8-13H2,1H3,(H,25,26);1H.